The van der Waals surface area contributed by atoms with Gasteiger partial charge >= 0.3 is 0 Å². The van der Waals surface area contributed by atoms with Gasteiger partial charge in [0.05, 0.1) is 12.8 Å². The lowest BCUT2D eigenvalue weighted by atomic mass is 10.2. The molecule has 9 nitrogen and oxygen atoms in total. The van der Waals surface area contributed by atoms with E-state index in [0.717, 1.165) is 0 Å². The number of anilines is 3. The van der Waals surface area contributed by atoms with Crippen molar-refractivity contribution >= 4 is 44.6 Å². The van der Waals surface area contributed by atoms with Crippen LogP contribution in [-0.4, -0.2) is 44.3 Å². The van der Waals surface area contributed by atoms with E-state index in [1.165, 1.54) is 26.2 Å². The van der Waals surface area contributed by atoms with Crippen molar-refractivity contribution in [3.8, 4) is 5.75 Å². The quantitative estimate of drug-likeness (QED) is 0.541. The highest BCUT2D eigenvalue weighted by Gasteiger charge is 2.33. The molecular formula is C21H25N3O6S. The number of sulfone groups is 1. The topological polar surface area (TPSA) is 131 Å². The van der Waals surface area contributed by atoms with E-state index in [4.69, 9.17) is 4.74 Å². The Morgan fingerprint density at radius 3 is 2.06 bits per heavy atom. The first-order valence-electron chi connectivity index (χ1n) is 9.49. The van der Waals surface area contributed by atoms with Crippen molar-refractivity contribution in [3.63, 3.8) is 0 Å². The SMILES string of the molecule is CCC(C(=O)Nc1ccc(NC(C)=O)cc1)S(=O)(=O)CC(=O)Nc1ccccc1OC. The Bertz CT molecular complexity index is 1050. The van der Waals surface area contributed by atoms with E-state index in [1.807, 2.05) is 0 Å². The summed E-state index contributed by atoms with van der Waals surface area (Å²) in [6.45, 7) is 2.93. The molecular weight excluding hydrogens is 422 g/mol. The fourth-order valence-corrected chi connectivity index (χ4v) is 4.41. The van der Waals surface area contributed by atoms with Crippen LogP contribution in [0.4, 0.5) is 17.1 Å². The summed E-state index contributed by atoms with van der Waals surface area (Å²) < 4.78 is 30.6. The minimum absolute atomic E-state index is 0.0000798. The van der Waals surface area contributed by atoms with Crippen LogP contribution in [0.1, 0.15) is 20.3 Å². The Balaban J connectivity index is 2.06. The summed E-state index contributed by atoms with van der Waals surface area (Å²) >= 11 is 0. The Morgan fingerprint density at radius 2 is 1.52 bits per heavy atom. The maximum atomic E-state index is 12.7. The van der Waals surface area contributed by atoms with E-state index in [-0.39, 0.29) is 12.3 Å². The monoisotopic (exact) mass is 447 g/mol. The summed E-state index contributed by atoms with van der Waals surface area (Å²) in [6, 6.07) is 12.8. The number of nitrogens with one attached hydrogen (secondary N) is 3. The number of carbonyl (C=O) groups excluding carboxylic acids is 3. The molecule has 3 N–H and O–H groups in total. The fraction of sp³-hybridized carbons (Fsp3) is 0.286. The molecule has 31 heavy (non-hydrogen) atoms. The van der Waals surface area contributed by atoms with Crippen molar-refractivity contribution in [2.75, 3.05) is 28.8 Å². The highest BCUT2D eigenvalue weighted by atomic mass is 32.2. The highest BCUT2D eigenvalue weighted by molar-refractivity contribution is 7.93. The number of ether oxygens (including phenoxy) is 1. The van der Waals surface area contributed by atoms with Crippen molar-refractivity contribution in [2.45, 2.75) is 25.5 Å². The zero-order chi connectivity index (χ0) is 23.0. The molecule has 2 aromatic carbocycles. The predicted octanol–water partition coefficient (Wildman–Crippen LogP) is 2.42. The van der Waals surface area contributed by atoms with Crippen LogP contribution in [0, 0.1) is 0 Å². The molecule has 0 bridgehead atoms. The summed E-state index contributed by atoms with van der Waals surface area (Å²) in [5, 5.41) is 6.23. The van der Waals surface area contributed by atoms with E-state index in [1.54, 1.807) is 43.3 Å². The van der Waals surface area contributed by atoms with Crippen molar-refractivity contribution < 1.29 is 27.5 Å². The van der Waals surface area contributed by atoms with Crippen molar-refractivity contribution in [2.24, 2.45) is 0 Å². The Labute approximate surface area is 181 Å². The standard InChI is InChI=1S/C21H25N3O6S/c1-4-19(21(27)23-16-11-9-15(10-12-16)22-14(2)25)31(28,29)13-20(26)24-17-7-5-6-8-18(17)30-3/h5-12,19H,4,13H2,1-3H3,(H,22,25)(H,23,27)(H,24,26). The zero-order valence-corrected chi connectivity index (χ0v) is 18.3. The summed E-state index contributed by atoms with van der Waals surface area (Å²) in [5.74, 6) is -2.20. The molecule has 0 aliphatic carbocycles. The number of para-hydroxylation sites is 2. The van der Waals surface area contributed by atoms with Crippen LogP contribution in [0.5, 0.6) is 5.75 Å². The molecule has 1 unspecified atom stereocenters. The van der Waals surface area contributed by atoms with Gasteiger partial charge in [-0.3, -0.25) is 14.4 Å². The summed E-state index contributed by atoms with van der Waals surface area (Å²) in [6.07, 6.45) is 0.0000798. The first kappa shape index (κ1) is 23.9. The van der Waals surface area contributed by atoms with Crippen LogP contribution >= 0.6 is 0 Å². The molecule has 10 heteroatoms. The third kappa shape index (κ3) is 6.82. The second-order valence-electron chi connectivity index (χ2n) is 6.70. The van der Waals surface area contributed by atoms with Gasteiger partial charge in [-0.15, -0.1) is 0 Å². The molecule has 0 aliphatic heterocycles. The molecule has 0 heterocycles. The highest BCUT2D eigenvalue weighted by Crippen LogP contribution is 2.23. The van der Waals surface area contributed by atoms with E-state index in [9.17, 15) is 22.8 Å². The van der Waals surface area contributed by atoms with Crippen molar-refractivity contribution in [3.05, 3.63) is 48.5 Å². The first-order chi connectivity index (χ1) is 14.7. The van der Waals surface area contributed by atoms with Gasteiger partial charge in [-0.05, 0) is 42.8 Å². The van der Waals surface area contributed by atoms with E-state index in [2.05, 4.69) is 16.0 Å². The van der Waals surface area contributed by atoms with Crippen LogP contribution < -0.4 is 20.7 Å². The Kier molecular flexibility index (Phi) is 8.14. The lowest BCUT2D eigenvalue weighted by Gasteiger charge is -2.16. The minimum Gasteiger partial charge on any atom is -0.495 e. The maximum absolute atomic E-state index is 12.7. The third-order valence-electron chi connectivity index (χ3n) is 4.28. The number of carbonyl (C=O) groups is 3. The summed E-state index contributed by atoms with van der Waals surface area (Å²) in [5.41, 5.74) is 1.24. The van der Waals surface area contributed by atoms with Crippen LogP contribution in [0.2, 0.25) is 0 Å². The van der Waals surface area contributed by atoms with Gasteiger partial charge in [0, 0.05) is 18.3 Å². The minimum atomic E-state index is -4.08. The van der Waals surface area contributed by atoms with Gasteiger partial charge in [0.25, 0.3) is 0 Å². The predicted molar refractivity (Wildman–Crippen MR) is 119 cm³/mol. The number of methoxy groups -OCH3 is 1. The lowest BCUT2D eigenvalue weighted by Crippen LogP contribution is -2.39. The molecule has 0 radical (unpaired) electrons. The summed E-state index contributed by atoms with van der Waals surface area (Å²) in [7, 11) is -2.64. The maximum Gasteiger partial charge on any atom is 0.242 e. The Hall–Kier alpha value is -3.40. The van der Waals surface area contributed by atoms with Crippen LogP contribution in [0.3, 0.4) is 0 Å². The number of hydrogen-bond donors (Lipinski definition) is 3. The van der Waals surface area contributed by atoms with Gasteiger partial charge in [-0.2, -0.15) is 0 Å². The average molecular weight is 448 g/mol. The average Bonchev–Trinajstić information content (AvgIpc) is 2.69. The molecule has 0 aliphatic rings. The van der Waals surface area contributed by atoms with Gasteiger partial charge in [0.15, 0.2) is 9.84 Å². The van der Waals surface area contributed by atoms with Gasteiger partial charge in [0.2, 0.25) is 17.7 Å². The molecule has 3 amide bonds. The van der Waals surface area contributed by atoms with Crippen LogP contribution in [0.15, 0.2) is 48.5 Å². The fourth-order valence-electron chi connectivity index (χ4n) is 2.88. The number of benzene rings is 2. The third-order valence-corrected chi connectivity index (χ3v) is 6.36. The molecule has 0 spiro atoms. The molecule has 166 valence electrons. The van der Waals surface area contributed by atoms with Gasteiger partial charge in [0.1, 0.15) is 16.8 Å². The normalized spacial score (nSPS) is 11.8. The zero-order valence-electron chi connectivity index (χ0n) is 17.5. The largest absolute Gasteiger partial charge is 0.495 e. The van der Waals surface area contributed by atoms with E-state index in [0.29, 0.717) is 22.8 Å². The first-order valence-corrected chi connectivity index (χ1v) is 11.2. The molecule has 2 aromatic rings. The van der Waals surface area contributed by atoms with E-state index < -0.39 is 32.7 Å². The van der Waals surface area contributed by atoms with Gasteiger partial charge in [-0.1, -0.05) is 19.1 Å². The smallest absolute Gasteiger partial charge is 0.242 e. The lowest BCUT2D eigenvalue weighted by molar-refractivity contribution is -0.116. The molecule has 2 rings (SSSR count). The van der Waals surface area contributed by atoms with Crippen LogP contribution in [-0.2, 0) is 24.2 Å². The molecule has 1 atom stereocenters. The van der Waals surface area contributed by atoms with Gasteiger partial charge < -0.3 is 20.7 Å². The van der Waals surface area contributed by atoms with E-state index >= 15 is 0 Å². The van der Waals surface area contributed by atoms with Crippen molar-refractivity contribution in [1.29, 1.82) is 0 Å². The second kappa shape index (κ2) is 10.6. The molecule has 0 saturated carbocycles. The van der Waals surface area contributed by atoms with Crippen molar-refractivity contribution in [1.82, 2.24) is 0 Å². The number of hydrogen-bond acceptors (Lipinski definition) is 6. The molecule has 0 fully saturated rings. The molecule has 0 saturated heterocycles. The Morgan fingerprint density at radius 1 is 0.935 bits per heavy atom. The molecule has 0 aromatic heterocycles. The van der Waals surface area contributed by atoms with Gasteiger partial charge in [-0.25, -0.2) is 8.42 Å². The second-order valence-corrected chi connectivity index (χ2v) is 8.88. The van der Waals surface area contributed by atoms with Crippen LogP contribution in [0.25, 0.3) is 0 Å². The summed E-state index contributed by atoms with van der Waals surface area (Å²) in [4.78, 5) is 36.0. The number of amides is 3. The number of rotatable bonds is 9.